The second-order valence-electron chi connectivity index (χ2n) is 3.66. The molecule has 6 heteroatoms. The summed E-state index contributed by atoms with van der Waals surface area (Å²) >= 11 is 9.41. The summed E-state index contributed by atoms with van der Waals surface area (Å²) in [7, 11) is 1.62. The fourth-order valence-electron chi connectivity index (χ4n) is 1.51. The van der Waals surface area contributed by atoms with Crippen LogP contribution < -0.4 is 0 Å². The van der Waals surface area contributed by atoms with E-state index in [0.717, 1.165) is 11.3 Å². The number of rotatable bonds is 4. The van der Waals surface area contributed by atoms with Crippen molar-refractivity contribution in [1.29, 1.82) is 0 Å². The lowest BCUT2D eigenvalue weighted by molar-refractivity contribution is 0.180. The summed E-state index contributed by atoms with van der Waals surface area (Å²) in [5.41, 5.74) is 1.84. The van der Waals surface area contributed by atoms with E-state index >= 15 is 0 Å². The van der Waals surface area contributed by atoms with Crippen LogP contribution in [0.25, 0.3) is 0 Å². The van der Waals surface area contributed by atoms with Gasteiger partial charge in [0.1, 0.15) is 11.0 Å². The minimum absolute atomic E-state index is 0.395. The minimum atomic E-state index is 0.395. The molecule has 0 aliphatic heterocycles. The van der Waals surface area contributed by atoms with Crippen molar-refractivity contribution in [3.63, 3.8) is 0 Å². The van der Waals surface area contributed by atoms with Gasteiger partial charge in [-0.3, -0.25) is 4.98 Å². The Morgan fingerprint density at radius 2 is 2.00 bits per heavy atom. The second kappa shape index (κ2) is 6.22. The first-order valence-corrected chi connectivity index (χ1v) is 6.46. The van der Waals surface area contributed by atoms with Crippen LogP contribution in [0.3, 0.4) is 0 Å². The van der Waals surface area contributed by atoms with Crippen molar-refractivity contribution in [3.8, 4) is 0 Å². The highest BCUT2D eigenvalue weighted by Gasteiger charge is 2.11. The topological polar surface area (TPSA) is 47.9 Å². The Hall–Kier alpha value is -1.04. The fourth-order valence-corrected chi connectivity index (χ4v) is 2.00. The first-order valence-electron chi connectivity index (χ1n) is 5.29. The van der Waals surface area contributed by atoms with Crippen LogP contribution in [0.4, 0.5) is 0 Å². The maximum atomic E-state index is 6.06. The second-order valence-corrected chi connectivity index (χ2v) is 4.81. The number of hydrogen-bond acceptors (Lipinski definition) is 4. The van der Waals surface area contributed by atoms with E-state index in [1.807, 2.05) is 12.1 Å². The minimum Gasteiger partial charge on any atom is -0.378 e. The van der Waals surface area contributed by atoms with Gasteiger partial charge in [0.25, 0.3) is 0 Å². The molecular formula is C12H11BrClN3O. The highest BCUT2D eigenvalue weighted by Crippen LogP contribution is 2.24. The van der Waals surface area contributed by atoms with Crippen LogP contribution in [-0.2, 0) is 17.8 Å². The van der Waals surface area contributed by atoms with Gasteiger partial charge in [0, 0.05) is 25.9 Å². The SMILES string of the molecule is COCc1nc(Cc2ccncc2)nc(Cl)c1Br. The van der Waals surface area contributed by atoms with E-state index in [1.54, 1.807) is 19.5 Å². The number of ether oxygens (including phenoxy) is 1. The number of methoxy groups -OCH3 is 1. The predicted molar refractivity (Wildman–Crippen MR) is 72.5 cm³/mol. The molecule has 0 amide bonds. The van der Waals surface area contributed by atoms with E-state index in [-0.39, 0.29) is 0 Å². The van der Waals surface area contributed by atoms with Crippen LogP contribution in [-0.4, -0.2) is 22.1 Å². The van der Waals surface area contributed by atoms with E-state index in [1.165, 1.54) is 0 Å². The van der Waals surface area contributed by atoms with Crippen LogP contribution in [0.5, 0.6) is 0 Å². The van der Waals surface area contributed by atoms with E-state index in [0.29, 0.717) is 28.5 Å². The zero-order chi connectivity index (χ0) is 13.0. The Kier molecular flexibility index (Phi) is 4.63. The van der Waals surface area contributed by atoms with E-state index in [9.17, 15) is 0 Å². The lowest BCUT2D eigenvalue weighted by atomic mass is 10.2. The van der Waals surface area contributed by atoms with E-state index in [4.69, 9.17) is 16.3 Å². The summed E-state index contributed by atoms with van der Waals surface area (Å²) in [5, 5.41) is 0.404. The van der Waals surface area contributed by atoms with Crippen LogP contribution >= 0.6 is 27.5 Å². The standard InChI is InChI=1S/C12H11BrClN3O/c1-18-7-9-11(13)12(14)17-10(16-9)6-8-2-4-15-5-3-8/h2-5H,6-7H2,1H3. The van der Waals surface area contributed by atoms with Crippen molar-refractivity contribution in [2.75, 3.05) is 7.11 Å². The molecule has 0 atom stereocenters. The lowest BCUT2D eigenvalue weighted by Gasteiger charge is -2.07. The maximum Gasteiger partial charge on any atom is 0.147 e. The van der Waals surface area contributed by atoms with Gasteiger partial charge in [-0.05, 0) is 33.6 Å². The van der Waals surface area contributed by atoms with Crippen molar-refractivity contribution in [2.24, 2.45) is 0 Å². The molecule has 0 spiro atoms. The molecule has 4 nitrogen and oxygen atoms in total. The maximum absolute atomic E-state index is 6.06. The average molecular weight is 329 g/mol. The third-order valence-corrected chi connectivity index (χ3v) is 3.65. The summed E-state index contributed by atoms with van der Waals surface area (Å²) < 4.78 is 5.76. The molecule has 2 aromatic rings. The number of aromatic nitrogens is 3. The van der Waals surface area contributed by atoms with Crippen LogP contribution in [0.2, 0.25) is 5.15 Å². The van der Waals surface area contributed by atoms with Crippen molar-refractivity contribution in [2.45, 2.75) is 13.0 Å². The van der Waals surface area contributed by atoms with Gasteiger partial charge in [0.15, 0.2) is 0 Å². The first-order chi connectivity index (χ1) is 8.70. The third-order valence-electron chi connectivity index (χ3n) is 2.32. The molecule has 0 aliphatic rings. The van der Waals surface area contributed by atoms with Gasteiger partial charge >= 0.3 is 0 Å². The van der Waals surface area contributed by atoms with Crippen molar-refractivity contribution < 1.29 is 4.74 Å². The monoisotopic (exact) mass is 327 g/mol. The van der Waals surface area contributed by atoms with Gasteiger partial charge in [-0.15, -0.1) is 0 Å². The van der Waals surface area contributed by atoms with E-state index < -0.39 is 0 Å². The Balaban J connectivity index is 2.28. The molecule has 0 bridgehead atoms. The summed E-state index contributed by atoms with van der Waals surface area (Å²) in [6.07, 6.45) is 4.10. The van der Waals surface area contributed by atoms with Crippen LogP contribution in [0.15, 0.2) is 29.0 Å². The summed E-state index contributed by atoms with van der Waals surface area (Å²) in [4.78, 5) is 12.6. The molecule has 0 aliphatic carbocycles. The molecule has 2 aromatic heterocycles. The zero-order valence-electron chi connectivity index (χ0n) is 9.73. The molecule has 0 saturated carbocycles. The number of hydrogen-bond donors (Lipinski definition) is 0. The van der Waals surface area contributed by atoms with Crippen molar-refractivity contribution in [3.05, 3.63) is 51.2 Å². The van der Waals surface area contributed by atoms with Crippen LogP contribution in [0, 0.1) is 0 Å². The smallest absolute Gasteiger partial charge is 0.147 e. The predicted octanol–water partition coefficient (Wildman–Crippen LogP) is 3.02. The zero-order valence-corrected chi connectivity index (χ0v) is 12.1. The Labute approximate surface area is 119 Å². The van der Waals surface area contributed by atoms with Crippen molar-refractivity contribution >= 4 is 27.5 Å². The summed E-state index contributed by atoms with van der Waals surface area (Å²) in [5.74, 6) is 0.668. The molecule has 0 aromatic carbocycles. The number of halogens is 2. The average Bonchev–Trinajstić information content (AvgIpc) is 2.37. The molecule has 0 radical (unpaired) electrons. The molecule has 0 N–H and O–H groups in total. The van der Waals surface area contributed by atoms with Gasteiger partial charge < -0.3 is 4.74 Å². The highest BCUT2D eigenvalue weighted by molar-refractivity contribution is 9.10. The van der Waals surface area contributed by atoms with Gasteiger partial charge in [-0.1, -0.05) is 11.6 Å². The summed E-state index contributed by atoms with van der Waals surface area (Å²) in [6.45, 7) is 0.395. The molecule has 0 saturated heterocycles. The highest BCUT2D eigenvalue weighted by atomic mass is 79.9. The molecular weight excluding hydrogens is 318 g/mol. The van der Waals surface area contributed by atoms with Gasteiger partial charge in [0.05, 0.1) is 16.8 Å². The van der Waals surface area contributed by atoms with Crippen LogP contribution in [0.1, 0.15) is 17.1 Å². The number of nitrogens with zero attached hydrogens (tertiary/aromatic N) is 3. The van der Waals surface area contributed by atoms with Gasteiger partial charge in [-0.25, -0.2) is 9.97 Å². The van der Waals surface area contributed by atoms with Gasteiger partial charge in [0.2, 0.25) is 0 Å². The quantitative estimate of drug-likeness (QED) is 0.810. The third kappa shape index (κ3) is 3.25. The molecule has 94 valence electrons. The Morgan fingerprint density at radius 1 is 1.28 bits per heavy atom. The van der Waals surface area contributed by atoms with Crippen molar-refractivity contribution in [1.82, 2.24) is 15.0 Å². The van der Waals surface area contributed by atoms with Gasteiger partial charge in [-0.2, -0.15) is 0 Å². The largest absolute Gasteiger partial charge is 0.378 e. The molecule has 0 fully saturated rings. The fraction of sp³-hybridized carbons (Fsp3) is 0.250. The number of pyridine rings is 1. The normalized spacial score (nSPS) is 10.6. The Bertz CT molecular complexity index is 536. The lowest BCUT2D eigenvalue weighted by Crippen LogP contribution is -2.03. The first kappa shape index (κ1) is 13.4. The molecule has 2 heterocycles. The molecule has 18 heavy (non-hydrogen) atoms. The Morgan fingerprint density at radius 3 is 2.67 bits per heavy atom. The molecule has 2 rings (SSSR count). The molecule has 0 unspecified atom stereocenters. The van der Waals surface area contributed by atoms with E-state index in [2.05, 4.69) is 30.9 Å². The summed E-state index contributed by atoms with van der Waals surface area (Å²) in [6, 6.07) is 3.85.